The zero-order valence-electron chi connectivity index (χ0n) is 16.9. The molecule has 0 aromatic heterocycles. The van der Waals surface area contributed by atoms with Crippen LogP contribution in [0.4, 0.5) is 5.69 Å². The summed E-state index contributed by atoms with van der Waals surface area (Å²) >= 11 is 0. The van der Waals surface area contributed by atoms with Gasteiger partial charge in [-0.25, -0.2) is 0 Å². The smallest absolute Gasteiger partial charge is 0.251 e. The van der Waals surface area contributed by atoms with Gasteiger partial charge in [0.25, 0.3) is 5.91 Å². The van der Waals surface area contributed by atoms with Crippen molar-refractivity contribution in [3.8, 4) is 5.75 Å². The Morgan fingerprint density at radius 3 is 2.41 bits per heavy atom. The maximum absolute atomic E-state index is 11.9. The zero-order valence-corrected chi connectivity index (χ0v) is 16.9. The number of carbonyl (C=O) groups excluding carboxylic acids is 2. The Hall–Kier alpha value is -3.02. The summed E-state index contributed by atoms with van der Waals surface area (Å²) < 4.78 is 5.61. The molecule has 6 nitrogen and oxygen atoms in total. The topological polar surface area (TPSA) is 70.7 Å². The summed E-state index contributed by atoms with van der Waals surface area (Å²) in [5.41, 5.74) is 3.22. The third-order valence-electron chi connectivity index (χ3n) is 5.28. The van der Waals surface area contributed by atoms with Gasteiger partial charge in [-0.15, -0.1) is 0 Å². The maximum Gasteiger partial charge on any atom is 0.251 e. The highest BCUT2D eigenvalue weighted by Crippen LogP contribution is 2.31. The number of nitrogens with zero attached hydrogens (tertiary/aromatic N) is 1. The lowest BCUT2D eigenvalue weighted by Gasteiger charge is -2.34. The minimum atomic E-state index is -0.0230. The highest BCUT2D eigenvalue weighted by molar-refractivity contribution is 5.94. The van der Waals surface area contributed by atoms with Crippen molar-refractivity contribution in [2.75, 3.05) is 37.7 Å². The first kappa shape index (κ1) is 20.7. The van der Waals surface area contributed by atoms with E-state index in [1.54, 1.807) is 0 Å². The van der Waals surface area contributed by atoms with Crippen LogP contribution in [0.2, 0.25) is 0 Å². The first-order valence-electron chi connectivity index (χ1n) is 10.2. The minimum absolute atomic E-state index is 0.0230. The number of carbonyl (C=O) groups is 2. The fraction of sp³-hybridized carbons (Fsp3) is 0.391. The van der Waals surface area contributed by atoms with Crippen molar-refractivity contribution in [2.24, 2.45) is 0 Å². The monoisotopic (exact) mass is 395 g/mol. The molecule has 29 heavy (non-hydrogen) atoms. The van der Waals surface area contributed by atoms with E-state index in [4.69, 9.17) is 4.74 Å². The lowest BCUT2D eigenvalue weighted by Crippen LogP contribution is -2.32. The van der Waals surface area contributed by atoms with E-state index in [1.807, 2.05) is 43.3 Å². The number of rotatable bonds is 9. The van der Waals surface area contributed by atoms with E-state index in [0.29, 0.717) is 37.6 Å². The number of benzene rings is 2. The van der Waals surface area contributed by atoms with Gasteiger partial charge in [0.2, 0.25) is 6.41 Å². The Morgan fingerprint density at radius 1 is 1.10 bits per heavy atom. The molecule has 0 bridgehead atoms. The molecule has 1 aliphatic heterocycles. The molecule has 1 aliphatic rings. The molecule has 2 aromatic carbocycles. The summed E-state index contributed by atoms with van der Waals surface area (Å²) in [7, 11) is 0. The minimum Gasteiger partial charge on any atom is -0.492 e. The first-order chi connectivity index (χ1) is 14.2. The molecule has 1 heterocycles. The summed E-state index contributed by atoms with van der Waals surface area (Å²) in [5.74, 6) is 1.35. The summed E-state index contributed by atoms with van der Waals surface area (Å²) in [6.07, 6.45) is 2.87. The lowest BCUT2D eigenvalue weighted by atomic mass is 9.89. The SMILES string of the molecule is CCNC(=O)c1ccc(N2CCC(c3ccc(OCCNC=O)cc3)CC2)cc1. The first-order valence-corrected chi connectivity index (χ1v) is 10.2. The van der Waals surface area contributed by atoms with Crippen LogP contribution in [0.25, 0.3) is 0 Å². The van der Waals surface area contributed by atoms with Gasteiger partial charge in [0.15, 0.2) is 0 Å². The van der Waals surface area contributed by atoms with Crippen molar-refractivity contribution >= 4 is 18.0 Å². The lowest BCUT2D eigenvalue weighted by molar-refractivity contribution is -0.109. The van der Waals surface area contributed by atoms with E-state index < -0.39 is 0 Å². The molecule has 0 unspecified atom stereocenters. The Bertz CT molecular complexity index is 782. The molecule has 0 spiro atoms. The van der Waals surface area contributed by atoms with Gasteiger partial charge < -0.3 is 20.3 Å². The summed E-state index contributed by atoms with van der Waals surface area (Å²) in [6, 6.07) is 16.2. The van der Waals surface area contributed by atoms with Gasteiger partial charge in [0.05, 0.1) is 6.54 Å². The third kappa shape index (κ3) is 5.73. The van der Waals surface area contributed by atoms with Crippen molar-refractivity contribution in [1.82, 2.24) is 10.6 Å². The largest absolute Gasteiger partial charge is 0.492 e. The summed E-state index contributed by atoms with van der Waals surface area (Å²) in [6.45, 7) is 5.54. The number of nitrogens with one attached hydrogen (secondary N) is 2. The van der Waals surface area contributed by atoms with Crippen molar-refractivity contribution in [3.63, 3.8) is 0 Å². The van der Waals surface area contributed by atoms with Crippen molar-refractivity contribution in [1.29, 1.82) is 0 Å². The van der Waals surface area contributed by atoms with Crippen LogP contribution < -0.4 is 20.3 Å². The molecule has 0 aliphatic carbocycles. The molecule has 0 radical (unpaired) electrons. The van der Waals surface area contributed by atoms with Crippen LogP contribution in [0.15, 0.2) is 48.5 Å². The molecule has 1 saturated heterocycles. The van der Waals surface area contributed by atoms with Crippen LogP contribution in [-0.2, 0) is 4.79 Å². The van der Waals surface area contributed by atoms with Gasteiger partial charge in [-0.3, -0.25) is 9.59 Å². The second-order valence-electron chi connectivity index (χ2n) is 7.16. The Labute approximate surface area is 172 Å². The zero-order chi connectivity index (χ0) is 20.5. The van der Waals surface area contributed by atoms with Crippen LogP contribution >= 0.6 is 0 Å². The molecule has 2 aromatic rings. The molecular weight excluding hydrogens is 366 g/mol. The Balaban J connectivity index is 1.50. The summed E-state index contributed by atoms with van der Waals surface area (Å²) in [4.78, 5) is 24.5. The number of anilines is 1. The van der Waals surface area contributed by atoms with Gasteiger partial charge in [-0.1, -0.05) is 12.1 Å². The van der Waals surface area contributed by atoms with Crippen LogP contribution in [-0.4, -0.2) is 45.1 Å². The maximum atomic E-state index is 11.9. The van der Waals surface area contributed by atoms with Gasteiger partial charge >= 0.3 is 0 Å². The fourth-order valence-corrected chi connectivity index (χ4v) is 3.68. The molecular formula is C23H29N3O3. The van der Waals surface area contributed by atoms with E-state index in [1.165, 1.54) is 11.3 Å². The van der Waals surface area contributed by atoms with E-state index in [2.05, 4.69) is 27.7 Å². The molecule has 154 valence electrons. The van der Waals surface area contributed by atoms with Crippen LogP contribution in [0, 0.1) is 0 Å². The predicted octanol–water partition coefficient (Wildman–Crippen LogP) is 2.95. The Morgan fingerprint density at radius 2 is 1.79 bits per heavy atom. The summed E-state index contributed by atoms with van der Waals surface area (Å²) in [5, 5.41) is 5.41. The van der Waals surface area contributed by atoms with Gasteiger partial charge in [0, 0.05) is 30.9 Å². The number of piperidine rings is 1. The second-order valence-corrected chi connectivity index (χ2v) is 7.16. The normalized spacial score (nSPS) is 14.3. The standard InChI is InChI=1S/C23H29N3O3/c1-2-25-23(28)20-3-7-21(8-4-20)26-14-11-19(12-15-26)18-5-9-22(10-6-18)29-16-13-24-17-27/h3-10,17,19H,2,11-16H2,1H3,(H,24,27)(H,25,28). The number of hydrogen-bond donors (Lipinski definition) is 2. The average Bonchev–Trinajstić information content (AvgIpc) is 2.78. The van der Waals surface area contributed by atoms with E-state index >= 15 is 0 Å². The van der Waals surface area contributed by atoms with Crippen LogP contribution in [0.1, 0.15) is 41.6 Å². The molecule has 0 saturated carbocycles. The average molecular weight is 396 g/mol. The number of hydrogen-bond acceptors (Lipinski definition) is 4. The van der Waals surface area contributed by atoms with Crippen molar-refractivity contribution in [2.45, 2.75) is 25.7 Å². The van der Waals surface area contributed by atoms with E-state index in [9.17, 15) is 9.59 Å². The quantitative estimate of drug-likeness (QED) is 0.506. The van der Waals surface area contributed by atoms with Crippen molar-refractivity contribution < 1.29 is 14.3 Å². The molecule has 1 fully saturated rings. The van der Waals surface area contributed by atoms with Gasteiger partial charge in [-0.05, 0) is 67.6 Å². The highest BCUT2D eigenvalue weighted by atomic mass is 16.5. The highest BCUT2D eigenvalue weighted by Gasteiger charge is 2.21. The number of ether oxygens (including phenoxy) is 1. The van der Waals surface area contributed by atoms with Gasteiger partial charge in [0.1, 0.15) is 12.4 Å². The third-order valence-corrected chi connectivity index (χ3v) is 5.28. The Kier molecular flexibility index (Phi) is 7.50. The molecule has 6 heteroatoms. The van der Waals surface area contributed by atoms with Crippen LogP contribution in [0.3, 0.4) is 0 Å². The van der Waals surface area contributed by atoms with E-state index in [-0.39, 0.29) is 5.91 Å². The van der Waals surface area contributed by atoms with E-state index in [0.717, 1.165) is 31.7 Å². The fourth-order valence-electron chi connectivity index (χ4n) is 3.68. The van der Waals surface area contributed by atoms with Crippen LogP contribution in [0.5, 0.6) is 5.75 Å². The molecule has 3 rings (SSSR count). The van der Waals surface area contributed by atoms with Gasteiger partial charge in [-0.2, -0.15) is 0 Å². The van der Waals surface area contributed by atoms with Crippen molar-refractivity contribution in [3.05, 3.63) is 59.7 Å². The second kappa shape index (κ2) is 10.5. The number of amides is 2. The molecule has 2 amide bonds. The molecule has 0 atom stereocenters. The predicted molar refractivity (Wildman–Crippen MR) is 115 cm³/mol. The molecule has 2 N–H and O–H groups in total.